The topological polar surface area (TPSA) is 132 Å². The van der Waals surface area contributed by atoms with E-state index in [0.717, 1.165) is 5.56 Å². The van der Waals surface area contributed by atoms with Gasteiger partial charge in [-0.05, 0) is 39.2 Å². The first-order chi connectivity index (χ1) is 14.1. The van der Waals surface area contributed by atoms with Gasteiger partial charge in [-0.2, -0.15) is 0 Å². The Kier molecular flexibility index (Phi) is 9.94. The van der Waals surface area contributed by atoms with Crippen LogP contribution in [0.2, 0.25) is 0 Å². The van der Waals surface area contributed by atoms with Crippen LogP contribution in [0.1, 0.15) is 39.2 Å². The Balaban J connectivity index is 2.42. The van der Waals surface area contributed by atoms with Gasteiger partial charge in [-0.25, -0.2) is 9.59 Å². The first kappa shape index (κ1) is 24.5. The lowest BCUT2D eigenvalue weighted by Gasteiger charge is -2.21. The molecule has 0 heterocycles. The van der Waals surface area contributed by atoms with Crippen molar-refractivity contribution in [1.82, 2.24) is 16.0 Å². The minimum atomic E-state index is -0.767. The third kappa shape index (κ3) is 10.7. The molecular formula is C21H30N4O5. The average Bonchev–Trinajstić information content (AvgIpc) is 2.67. The molecule has 0 spiro atoms. The number of nitrogens with one attached hydrogen (secondary N) is 3. The molecule has 0 saturated carbocycles. The number of rotatable bonds is 10. The molecular weight excluding hydrogens is 388 g/mol. The summed E-state index contributed by atoms with van der Waals surface area (Å²) in [5.74, 6) is 0.166. The molecule has 164 valence electrons. The predicted octanol–water partition coefficient (Wildman–Crippen LogP) is 2.65. The SMILES string of the molecule is C=C(NC(=O)OC(C)(C)C)N/C(=C\N)CC[C@@H](C=O)NC(=O)OCc1ccccc1. The van der Waals surface area contributed by atoms with Gasteiger partial charge in [0.2, 0.25) is 0 Å². The quantitative estimate of drug-likeness (QED) is 0.430. The Morgan fingerprint density at radius 3 is 2.40 bits per heavy atom. The number of ether oxygens (including phenoxy) is 2. The summed E-state index contributed by atoms with van der Waals surface area (Å²) in [5.41, 5.74) is 6.28. The first-order valence-corrected chi connectivity index (χ1v) is 9.42. The van der Waals surface area contributed by atoms with Crippen molar-refractivity contribution in [2.75, 3.05) is 0 Å². The molecule has 9 heteroatoms. The number of hydrogen-bond acceptors (Lipinski definition) is 7. The minimum Gasteiger partial charge on any atom is -0.445 e. The van der Waals surface area contributed by atoms with Crippen LogP contribution in [0.5, 0.6) is 0 Å². The number of carbonyl (C=O) groups is 3. The Morgan fingerprint density at radius 1 is 1.17 bits per heavy atom. The van der Waals surface area contributed by atoms with Gasteiger partial charge in [0.1, 0.15) is 24.3 Å². The number of aldehydes is 1. The Bertz CT molecular complexity index is 756. The van der Waals surface area contributed by atoms with E-state index >= 15 is 0 Å². The van der Waals surface area contributed by atoms with Crippen LogP contribution in [0.25, 0.3) is 0 Å². The van der Waals surface area contributed by atoms with Crippen molar-refractivity contribution < 1.29 is 23.9 Å². The van der Waals surface area contributed by atoms with Gasteiger partial charge in [0.15, 0.2) is 0 Å². The van der Waals surface area contributed by atoms with Crippen molar-refractivity contribution in [3.05, 3.63) is 60.2 Å². The number of benzene rings is 1. The van der Waals surface area contributed by atoms with Gasteiger partial charge in [0.05, 0.1) is 6.04 Å². The molecule has 0 unspecified atom stereocenters. The van der Waals surface area contributed by atoms with Crippen LogP contribution in [0, 0.1) is 0 Å². The van der Waals surface area contributed by atoms with E-state index < -0.39 is 23.8 Å². The molecule has 0 aliphatic heterocycles. The fraction of sp³-hybridized carbons (Fsp3) is 0.381. The second kappa shape index (κ2) is 12.2. The highest BCUT2D eigenvalue weighted by Gasteiger charge is 2.17. The third-order valence-corrected chi connectivity index (χ3v) is 3.57. The Labute approximate surface area is 176 Å². The summed E-state index contributed by atoms with van der Waals surface area (Å²) in [5, 5.41) is 7.77. The van der Waals surface area contributed by atoms with E-state index in [1.165, 1.54) is 6.20 Å². The molecule has 0 aliphatic rings. The number of allylic oxidation sites excluding steroid dienone is 1. The second-order valence-corrected chi connectivity index (χ2v) is 7.41. The number of hydrogen-bond donors (Lipinski definition) is 4. The first-order valence-electron chi connectivity index (χ1n) is 9.42. The summed E-state index contributed by atoms with van der Waals surface area (Å²) in [4.78, 5) is 34.9. The summed E-state index contributed by atoms with van der Waals surface area (Å²) >= 11 is 0. The Hall–Kier alpha value is -3.49. The molecule has 9 nitrogen and oxygen atoms in total. The molecule has 2 amide bonds. The van der Waals surface area contributed by atoms with E-state index in [-0.39, 0.29) is 18.8 Å². The van der Waals surface area contributed by atoms with E-state index in [2.05, 4.69) is 22.5 Å². The monoisotopic (exact) mass is 418 g/mol. The maximum absolute atomic E-state index is 11.9. The summed E-state index contributed by atoms with van der Waals surface area (Å²) in [7, 11) is 0. The molecule has 0 aromatic heterocycles. The van der Waals surface area contributed by atoms with Gasteiger partial charge in [0, 0.05) is 11.9 Å². The molecule has 1 aromatic rings. The normalized spacial score (nSPS) is 12.3. The highest BCUT2D eigenvalue weighted by molar-refractivity contribution is 5.73. The largest absolute Gasteiger partial charge is 0.445 e. The van der Waals surface area contributed by atoms with E-state index in [0.29, 0.717) is 18.4 Å². The standard InChI is InChI=1S/C21H30N4O5/c1-15(24-20(28)30-21(2,3)4)23-17(12-22)10-11-18(13-26)25-19(27)29-14-16-8-6-5-7-9-16/h5-9,12-13,18,23H,1,10-11,14,22H2,2-4H3,(H,24,28)(H,25,27)/b17-12-/t18-/m0/s1. The zero-order valence-corrected chi connectivity index (χ0v) is 17.6. The van der Waals surface area contributed by atoms with E-state index in [1.54, 1.807) is 20.8 Å². The number of amides is 2. The fourth-order valence-corrected chi connectivity index (χ4v) is 2.24. The summed E-state index contributed by atoms with van der Waals surface area (Å²) < 4.78 is 10.2. The average molecular weight is 418 g/mol. The lowest BCUT2D eigenvalue weighted by atomic mass is 10.1. The van der Waals surface area contributed by atoms with Crippen LogP contribution >= 0.6 is 0 Å². The van der Waals surface area contributed by atoms with Gasteiger partial charge < -0.3 is 30.6 Å². The number of nitrogens with two attached hydrogens (primary N) is 1. The molecule has 1 aromatic carbocycles. The molecule has 5 N–H and O–H groups in total. The zero-order chi connectivity index (χ0) is 22.6. The molecule has 30 heavy (non-hydrogen) atoms. The van der Waals surface area contributed by atoms with Crippen molar-refractivity contribution in [3.63, 3.8) is 0 Å². The zero-order valence-electron chi connectivity index (χ0n) is 17.6. The molecule has 0 saturated heterocycles. The maximum atomic E-state index is 11.9. The Morgan fingerprint density at radius 2 is 1.83 bits per heavy atom. The van der Waals surface area contributed by atoms with Gasteiger partial charge in [-0.15, -0.1) is 0 Å². The molecule has 0 radical (unpaired) electrons. The van der Waals surface area contributed by atoms with E-state index in [1.807, 2.05) is 30.3 Å². The van der Waals surface area contributed by atoms with Crippen LogP contribution in [0.3, 0.4) is 0 Å². The van der Waals surface area contributed by atoms with E-state index in [4.69, 9.17) is 15.2 Å². The van der Waals surface area contributed by atoms with Crippen molar-refractivity contribution in [2.45, 2.75) is 51.9 Å². The predicted molar refractivity (Wildman–Crippen MR) is 113 cm³/mol. The van der Waals surface area contributed by atoms with Gasteiger partial charge in [-0.1, -0.05) is 36.9 Å². The molecule has 1 atom stereocenters. The maximum Gasteiger partial charge on any atom is 0.413 e. The van der Waals surface area contributed by atoms with Crippen LogP contribution in [0.4, 0.5) is 9.59 Å². The summed E-state index contributed by atoms with van der Waals surface area (Å²) in [6.45, 7) is 9.01. The lowest BCUT2D eigenvalue weighted by Crippen LogP contribution is -2.37. The number of carbonyl (C=O) groups excluding carboxylic acids is 3. The van der Waals surface area contributed by atoms with Crippen LogP contribution in [0.15, 0.2) is 54.6 Å². The van der Waals surface area contributed by atoms with Crippen LogP contribution < -0.4 is 21.7 Å². The summed E-state index contributed by atoms with van der Waals surface area (Å²) in [6, 6.07) is 8.42. The van der Waals surface area contributed by atoms with Gasteiger partial charge in [0.25, 0.3) is 0 Å². The highest BCUT2D eigenvalue weighted by Crippen LogP contribution is 2.08. The molecule has 0 fully saturated rings. The third-order valence-electron chi connectivity index (χ3n) is 3.57. The molecule has 0 aliphatic carbocycles. The smallest absolute Gasteiger partial charge is 0.413 e. The van der Waals surface area contributed by atoms with Crippen molar-refractivity contribution >= 4 is 18.5 Å². The van der Waals surface area contributed by atoms with Gasteiger partial charge in [-0.3, -0.25) is 5.32 Å². The molecule has 1 rings (SSSR count). The lowest BCUT2D eigenvalue weighted by molar-refractivity contribution is -0.109. The van der Waals surface area contributed by atoms with Crippen molar-refractivity contribution in [2.24, 2.45) is 5.73 Å². The summed E-state index contributed by atoms with van der Waals surface area (Å²) in [6.07, 6.45) is 1.12. The highest BCUT2D eigenvalue weighted by atomic mass is 16.6. The second-order valence-electron chi connectivity index (χ2n) is 7.41. The van der Waals surface area contributed by atoms with Crippen molar-refractivity contribution in [3.8, 4) is 0 Å². The van der Waals surface area contributed by atoms with E-state index in [9.17, 15) is 14.4 Å². The fourth-order valence-electron chi connectivity index (χ4n) is 2.24. The van der Waals surface area contributed by atoms with Gasteiger partial charge >= 0.3 is 12.2 Å². The van der Waals surface area contributed by atoms with Crippen LogP contribution in [-0.4, -0.2) is 30.1 Å². The molecule has 0 bridgehead atoms. The number of alkyl carbamates (subject to hydrolysis) is 2. The van der Waals surface area contributed by atoms with Crippen LogP contribution in [-0.2, 0) is 20.9 Å². The minimum absolute atomic E-state index is 0.101. The van der Waals surface area contributed by atoms with Crippen molar-refractivity contribution in [1.29, 1.82) is 0 Å².